The minimum atomic E-state index is -0.815. The summed E-state index contributed by atoms with van der Waals surface area (Å²) in [6.45, 7) is 4.04. The molecule has 0 unspecified atom stereocenters. The second-order valence-electron chi connectivity index (χ2n) is 4.74. The summed E-state index contributed by atoms with van der Waals surface area (Å²) in [7, 11) is 0. The van der Waals surface area contributed by atoms with E-state index in [4.69, 9.17) is 4.74 Å². The van der Waals surface area contributed by atoms with Gasteiger partial charge in [-0.25, -0.2) is 0 Å². The Morgan fingerprint density at radius 2 is 2.20 bits per heavy atom. The van der Waals surface area contributed by atoms with Gasteiger partial charge in [-0.3, -0.25) is 4.79 Å². The van der Waals surface area contributed by atoms with E-state index in [0.717, 1.165) is 13.0 Å². The van der Waals surface area contributed by atoms with Gasteiger partial charge in [-0.15, -0.1) is 0 Å². The van der Waals surface area contributed by atoms with Gasteiger partial charge in [0.25, 0.3) is 0 Å². The van der Waals surface area contributed by atoms with Crippen LogP contribution in [0.25, 0.3) is 0 Å². The summed E-state index contributed by atoms with van der Waals surface area (Å²) in [6.07, 6.45) is 2.52. The molecule has 0 spiro atoms. The largest absolute Gasteiger partial charge is 0.389 e. The van der Waals surface area contributed by atoms with E-state index in [1.165, 1.54) is 0 Å². The summed E-state index contributed by atoms with van der Waals surface area (Å²) >= 11 is 0. The van der Waals surface area contributed by atoms with E-state index >= 15 is 0 Å². The van der Waals surface area contributed by atoms with Crippen LogP contribution in [0.3, 0.4) is 0 Å². The highest BCUT2D eigenvalue weighted by Gasteiger charge is 2.36. The molecule has 0 bridgehead atoms. The molecular weight excluding hydrogens is 194 g/mol. The van der Waals surface area contributed by atoms with Gasteiger partial charge >= 0.3 is 0 Å². The topological polar surface area (TPSA) is 49.8 Å². The molecule has 2 aliphatic heterocycles. The van der Waals surface area contributed by atoms with Crippen LogP contribution >= 0.6 is 0 Å². The first-order valence-electron chi connectivity index (χ1n) is 5.70. The number of ether oxygens (including phenoxy) is 1. The second-order valence-corrected chi connectivity index (χ2v) is 4.74. The fourth-order valence-electron chi connectivity index (χ4n) is 2.20. The average molecular weight is 213 g/mol. The number of rotatable bonds is 2. The van der Waals surface area contributed by atoms with E-state index in [9.17, 15) is 9.90 Å². The SMILES string of the molecule is C[C@@H]1CCN1C(=O)CC1(O)CCOCC1. The third-order valence-electron chi connectivity index (χ3n) is 3.54. The lowest BCUT2D eigenvalue weighted by molar-refractivity contribution is -0.147. The van der Waals surface area contributed by atoms with Crippen LogP contribution in [-0.4, -0.2) is 47.3 Å². The molecule has 0 aromatic rings. The Balaban J connectivity index is 1.87. The number of carbonyl (C=O) groups excluding carboxylic acids is 1. The molecule has 1 N–H and O–H groups in total. The van der Waals surface area contributed by atoms with Crippen molar-refractivity contribution < 1.29 is 14.6 Å². The van der Waals surface area contributed by atoms with Gasteiger partial charge in [0.05, 0.1) is 12.0 Å². The van der Waals surface area contributed by atoms with Crippen molar-refractivity contribution >= 4 is 5.91 Å². The monoisotopic (exact) mass is 213 g/mol. The summed E-state index contributed by atoms with van der Waals surface area (Å²) < 4.78 is 5.18. The average Bonchev–Trinajstić information content (AvgIpc) is 2.15. The van der Waals surface area contributed by atoms with E-state index < -0.39 is 5.60 Å². The van der Waals surface area contributed by atoms with Gasteiger partial charge in [0, 0.05) is 38.6 Å². The van der Waals surface area contributed by atoms with Crippen LogP contribution in [0.1, 0.15) is 32.6 Å². The molecular formula is C11H19NO3. The summed E-state index contributed by atoms with van der Waals surface area (Å²) in [5.41, 5.74) is -0.815. The van der Waals surface area contributed by atoms with E-state index in [1.54, 1.807) is 0 Å². The van der Waals surface area contributed by atoms with E-state index in [2.05, 4.69) is 6.92 Å². The van der Waals surface area contributed by atoms with Gasteiger partial charge in [-0.1, -0.05) is 0 Å². The van der Waals surface area contributed by atoms with E-state index in [0.29, 0.717) is 32.1 Å². The molecule has 1 atom stereocenters. The summed E-state index contributed by atoms with van der Waals surface area (Å²) in [6, 6.07) is 0.362. The van der Waals surface area contributed by atoms with Crippen LogP contribution in [0.5, 0.6) is 0 Å². The van der Waals surface area contributed by atoms with Crippen LogP contribution in [0.15, 0.2) is 0 Å². The molecule has 0 aromatic carbocycles. The highest BCUT2D eigenvalue weighted by Crippen LogP contribution is 2.27. The second kappa shape index (κ2) is 4.10. The number of aliphatic hydroxyl groups is 1. The van der Waals surface area contributed by atoms with Crippen molar-refractivity contribution in [3.05, 3.63) is 0 Å². The fourth-order valence-corrected chi connectivity index (χ4v) is 2.20. The zero-order valence-corrected chi connectivity index (χ0v) is 9.24. The third kappa shape index (κ3) is 2.32. The van der Waals surface area contributed by atoms with Crippen LogP contribution in [-0.2, 0) is 9.53 Å². The van der Waals surface area contributed by atoms with Crippen molar-refractivity contribution in [2.24, 2.45) is 0 Å². The number of nitrogens with zero attached hydrogens (tertiary/aromatic N) is 1. The Labute approximate surface area is 90.2 Å². The minimum absolute atomic E-state index is 0.0955. The lowest BCUT2D eigenvalue weighted by Crippen LogP contribution is -2.52. The van der Waals surface area contributed by atoms with E-state index in [-0.39, 0.29) is 12.3 Å². The van der Waals surface area contributed by atoms with Crippen molar-refractivity contribution in [2.45, 2.75) is 44.2 Å². The molecule has 4 heteroatoms. The van der Waals surface area contributed by atoms with Crippen LogP contribution in [0.2, 0.25) is 0 Å². The molecule has 2 heterocycles. The fraction of sp³-hybridized carbons (Fsp3) is 0.909. The smallest absolute Gasteiger partial charge is 0.225 e. The first-order valence-corrected chi connectivity index (χ1v) is 5.70. The summed E-state index contributed by atoms with van der Waals surface area (Å²) in [5.74, 6) is 0.0955. The highest BCUT2D eigenvalue weighted by molar-refractivity contribution is 5.78. The molecule has 0 saturated carbocycles. The Hall–Kier alpha value is -0.610. The van der Waals surface area contributed by atoms with Crippen molar-refractivity contribution in [3.8, 4) is 0 Å². The molecule has 0 radical (unpaired) electrons. The Morgan fingerprint density at radius 3 is 2.67 bits per heavy atom. The zero-order chi connectivity index (χ0) is 10.9. The van der Waals surface area contributed by atoms with Crippen molar-refractivity contribution in [3.63, 3.8) is 0 Å². The maximum atomic E-state index is 11.8. The van der Waals surface area contributed by atoms with Gasteiger partial charge in [0.2, 0.25) is 5.91 Å². The molecule has 2 aliphatic rings. The van der Waals surface area contributed by atoms with Crippen molar-refractivity contribution in [2.75, 3.05) is 19.8 Å². The summed E-state index contributed by atoms with van der Waals surface area (Å²) in [4.78, 5) is 13.7. The van der Waals surface area contributed by atoms with E-state index in [1.807, 2.05) is 4.90 Å². The first-order chi connectivity index (χ1) is 7.11. The molecule has 2 saturated heterocycles. The van der Waals surface area contributed by atoms with Gasteiger partial charge in [0.1, 0.15) is 0 Å². The van der Waals surface area contributed by atoms with Gasteiger partial charge in [-0.2, -0.15) is 0 Å². The lowest BCUT2D eigenvalue weighted by Gasteiger charge is -2.41. The molecule has 0 aromatic heterocycles. The predicted molar refractivity (Wildman–Crippen MR) is 55.4 cm³/mol. The van der Waals surface area contributed by atoms with Crippen LogP contribution in [0, 0.1) is 0 Å². The molecule has 0 aliphatic carbocycles. The molecule has 2 fully saturated rings. The van der Waals surface area contributed by atoms with Gasteiger partial charge < -0.3 is 14.7 Å². The quantitative estimate of drug-likeness (QED) is 0.728. The third-order valence-corrected chi connectivity index (χ3v) is 3.54. The first kappa shape index (κ1) is 10.9. The Morgan fingerprint density at radius 1 is 1.53 bits per heavy atom. The zero-order valence-electron chi connectivity index (χ0n) is 9.24. The van der Waals surface area contributed by atoms with Gasteiger partial charge in [-0.05, 0) is 13.3 Å². The molecule has 15 heavy (non-hydrogen) atoms. The van der Waals surface area contributed by atoms with Crippen molar-refractivity contribution in [1.82, 2.24) is 4.90 Å². The Bertz CT molecular complexity index is 248. The number of likely N-dealkylation sites (tertiary alicyclic amines) is 1. The summed E-state index contributed by atoms with van der Waals surface area (Å²) in [5, 5.41) is 10.2. The highest BCUT2D eigenvalue weighted by atomic mass is 16.5. The number of hydrogen-bond acceptors (Lipinski definition) is 3. The van der Waals surface area contributed by atoms with Crippen molar-refractivity contribution in [1.29, 1.82) is 0 Å². The molecule has 86 valence electrons. The number of hydrogen-bond donors (Lipinski definition) is 1. The van der Waals surface area contributed by atoms with Crippen LogP contribution in [0.4, 0.5) is 0 Å². The standard InChI is InChI=1S/C11H19NO3/c1-9-2-5-12(9)10(13)8-11(14)3-6-15-7-4-11/h9,14H,2-8H2,1H3/t9-/m1/s1. The minimum Gasteiger partial charge on any atom is -0.389 e. The Kier molecular flexibility index (Phi) is 2.98. The predicted octanol–water partition coefficient (Wildman–Crippen LogP) is 0.539. The van der Waals surface area contributed by atoms with Crippen LogP contribution < -0.4 is 0 Å². The maximum Gasteiger partial charge on any atom is 0.225 e. The molecule has 1 amide bonds. The number of carbonyl (C=O) groups is 1. The normalized spacial score (nSPS) is 29.7. The maximum absolute atomic E-state index is 11.8. The number of amides is 1. The molecule has 4 nitrogen and oxygen atoms in total. The molecule has 2 rings (SSSR count). The van der Waals surface area contributed by atoms with Gasteiger partial charge in [0.15, 0.2) is 0 Å². The lowest BCUT2D eigenvalue weighted by atomic mass is 9.89.